The molecule has 0 aromatic rings. The molecule has 0 heterocycles. The molecule has 0 aromatic carbocycles. The summed E-state index contributed by atoms with van der Waals surface area (Å²) in [4.78, 5) is 24.8. The molecular formula is C18H26O3. The topological polar surface area (TPSA) is 43.4 Å². The van der Waals surface area contributed by atoms with E-state index in [0.29, 0.717) is 13.0 Å². The quantitative estimate of drug-likeness (QED) is 0.440. The zero-order valence-electron chi connectivity index (χ0n) is 13.6. The van der Waals surface area contributed by atoms with Crippen molar-refractivity contribution >= 4 is 11.8 Å². The van der Waals surface area contributed by atoms with Gasteiger partial charge in [0.2, 0.25) is 0 Å². The molecule has 0 amide bonds. The van der Waals surface area contributed by atoms with E-state index >= 15 is 0 Å². The Hall–Kier alpha value is -1.38. The SMILES string of the molecule is C=CC[C@@H](/C=C1/C(=O)[C@@]2(C)CC[C@H]1C2(C)C)C(=O)OCC. The number of allylic oxidation sites excluding steroid dienone is 2. The average molecular weight is 290 g/mol. The average Bonchev–Trinajstić information content (AvgIpc) is 2.72. The molecular weight excluding hydrogens is 264 g/mol. The molecule has 0 N–H and O–H groups in total. The van der Waals surface area contributed by atoms with Crippen LogP contribution in [0.1, 0.15) is 47.0 Å². The lowest BCUT2D eigenvalue weighted by atomic mass is 9.70. The molecule has 3 heteroatoms. The van der Waals surface area contributed by atoms with Gasteiger partial charge in [0, 0.05) is 5.41 Å². The molecule has 2 fully saturated rings. The van der Waals surface area contributed by atoms with Crippen LogP contribution in [0.4, 0.5) is 0 Å². The van der Waals surface area contributed by atoms with Gasteiger partial charge in [-0.05, 0) is 43.1 Å². The van der Waals surface area contributed by atoms with Gasteiger partial charge in [-0.1, -0.05) is 32.9 Å². The van der Waals surface area contributed by atoms with Gasteiger partial charge in [0.15, 0.2) is 5.78 Å². The van der Waals surface area contributed by atoms with E-state index in [4.69, 9.17) is 4.74 Å². The Balaban J connectivity index is 2.34. The van der Waals surface area contributed by atoms with Crippen molar-refractivity contribution in [3.63, 3.8) is 0 Å². The van der Waals surface area contributed by atoms with E-state index in [0.717, 1.165) is 18.4 Å². The van der Waals surface area contributed by atoms with Crippen molar-refractivity contribution in [2.75, 3.05) is 6.61 Å². The van der Waals surface area contributed by atoms with Crippen LogP contribution in [0.2, 0.25) is 0 Å². The third kappa shape index (κ3) is 2.27. The molecule has 2 aliphatic rings. The number of Topliss-reactive ketones (excluding diaryl/α,β-unsaturated/α-hetero) is 1. The summed E-state index contributed by atoms with van der Waals surface area (Å²) in [6.45, 7) is 12.3. The van der Waals surface area contributed by atoms with Crippen LogP contribution in [0.5, 0.6) is 0 Å². The molecule has 3 atom stereocenters. The number of rotatable bonds is 5. The van der Waals surface area contributed by atoms with E-state index in [1.54, 1.807) is 13.0 Å². The van der Waals surface area contributed by atoms with Gasteiger partial charge in [-0.25, -0.2) is 0 Å². The van der Waals surface area contributed by atoms with Crippen molar-refractivity contribution in [2.45, 2.75) is 47.0 Å². The van der Waals surface area contributed by atoms with Crippen molar-refractivity contribution in [2.24, 2.45) is 22.7 Å². The van der Waals surface area contributed by atoms with Gasteiger partial charge in [0.1, 0.15) is 0 Å². The zero-order chi connectivity index (χ0) is 15.8. The third-order valence-corrected chi connectivity index (χ3v) is 5.76. The second-order valence-corrected chi connectivity index (χ2v) is 6.98. The monoisotopic (exact) mass is 290 g/mol. The fourth-order valence-electron chi connectivity index (χ4n) is 4.00. The summed E-state index contributed by atoms with van der Waals surface area (Å²) < 4.78 is 5.12. The van der Waals surface area contributed by atoms with Gasteiger partial charge in [-0.2, -0.15) is 0 Å². The third-order valence-electron chi connectivity index (χ3n) is 5.76. The fourth-order valence-corrected chi connectivity index (χ4v) is 4.00. The summed E-state index contributed by atoms with van der Waals surface area (Å²) in [7, 11) is 0. The standard InChI is InChI=1S/C18H26O3/c1-6-8-12(16(20)21-7-2)11-13-14-9-10-18(5,15(13)19)17(14,3)4/h6,11-12,14H,1,7-10H2,2-5H3/b13-11+/t12-,14+,18+/m0/s1. The normalized spacial score (nSPS) is 33.2. The van der Waals surface area contributed by atoms with Crippen molar-refractivity contribution in [1.82, 2.24) is 0 Å². The number of ketones is 1. The van der Waals surface area contributed by atoms with Gasteiger partial charge in [0.25, 0.3) is 0 Å². The first-order valence-electron chi connectivity index (χ1n) is 7.83. The zero-order valence-corrected chi connectivity index (χ0v) is 13.6. The predicted molar refractivity (Wildman–Crippen MR) is 82.6 cm³/mol. The van der Waals surface area contributed by atoms with Crippen LogP contribution < -0.4 is 0 Å². The Morgan fingerprint density at radius 2 is 2.14 bits per heavy atom. The molecule has 3 nitrogen and oxygen atoms in total. The molecule has 2 aliphatic carbocycles. The summed E-state index contributed by atoms with van der Waals surface area (Å²) in [5.41, 5.74) is 0.536. The van der Waals surface area contributed by atoms with E-state index in [9.17, 15) is 9.59 Å². The lowest BCUT2D eigenvalue weighted by Crippen LogP contribution is -2.32. The van der Waals surface area contributed by atoms with Gasteiger partial charge in [-0.15, -0.1) is 6.58 Å². The molecule has 2 rings (SSSR count). The molecule has 2 saturated carbocycles. The minimum absolute atomic E-state index is 0.0245. The summed E-state index contributed by atoms with van der Waals surface area (Å²) in [6, 6.07) is 0. The highest BCUT2D eigenvalue weighted by molar-refractivity contribution is 6.05. The number of fused-ring (bicyclic) bond motifs is 2. The van der Waals surface area contributed by atoms with Crippen LogP contribution in [0.25, 0.3) is 0 Å². The summed E-state index contributed by atoms with van der Waals surface area (Å²) >= 11 is 0. The Morgan fingerprint density at radius 3 is 2.62 bits per heavy atom. The van der Waals surface area contributed by atoms with Gasteiger partial charge < -0.3 is 4.74 Å². The number of carbonyl (C=O) groups excluding carboxylic acids is 2. The first-order chi connectivity index (χ1) is 9.79. The maximum atomic E-state index is 12.8. The van der Waals surface area contributed by atoms with E-state index in [1.165, 1.54) is 0 Å². The van der Waals surface area contributed by atoms with E-state index in [1.807, 2.05) is 6.08 Å². The second-order valence-electron chi connectivity index (χ2n) is 6.98. The van der Waals surface area contributed by atoms with Crippen LogP contribution in [0, 0.1) is 22.7 Å². The number of hydrogen-bond acceptors (Lipinski definition) is 3. The first-order valence-corrected chi connectivity index (χ1v) is 7.83. The van der Waals surface area contributed by atoms with Crippen molar-refractivity contribution in [3.8, 4) is 0 Å². The largest absolute Gasteiger partial charge is 0.466 e. The Kier molecular flexibility index (Phi) is 4.14. The molecule has 0 saturated heterocycles. The number of hydrogen-bond donors (Lipinski definition) is 0. The number of carbonyl (C=O) groups is 2. The van der Waals surface area contributed by atoms with Crippen LogP contribution in [0.15, 0.2) is 24.3 Å². The van der Waals surface area contributed by atoms with Crippen LogP contribution >= 0.6 is 0 Å². The molecule has 0 aromatic heterocycles. The van der Waals surface area contributed by atoms with E-state index < -0.39 is 0 Å². The van der Waals surface area contributed by atoms with Gasteiger partial charge in [-0.3, -0.25) is 9.59 Å². The van der Waals surface area contributed by atoms with Crippen molar-refractivity contribution in [3.05, 3.63) is 24.3 Å². The molecule has 116 valence electrons. The number of ether oxygens (including phenoxy) is 1. The fraction of sp³-hybridized carbons (Fsp3) is 0.667. The summed E-state index contributed by atoms with van der Waals surface area (Å²) in [5, 5.41) is 0. The second kappa shape index (κ2) is 5.43. The smallest absolute Gasteiger partial charge is 0.313 e. The minimum Gasteiger partial charge on any atom is -0.466 e. The summed E-state index contributed by atoms with van der Waals surface area (Å²) in [5.74, 6) is -0.164. The van der Waals surface area contributed by atoms with Crippen molar-refractivity contribution < 1.29 is 14.3 Å². The predicted octanol–water partition coefficient (Wildman–Crippen LogP) is 3.69. The van der Waals surface area contributed by atoms with Crippen LogP contribution in [0.3, 0.4) is 0 Å². The van der Waals surface area contributed by atoms with Gasteiger partial charge >= 0.3 is 5.97 Å². The molecule has 21 heavy (non-hydrogen) atoms. The molecule has 2 bridgehead atoms. The Morgan fingerprint density at radius 1 is 1.48 bits per heavy atom. The van der Waals surface area contributed by atoms with Crippen LogP contribution in [-0.4, -0.2) is 18.4 Å². The summed E-state index contributed by atoms with van der Waals surface area (Å²) in [6.07, 6.45) is 6.07. The Labute approximate surface area is 127 Å². The first kappa shape index (κ1) is 16.0. The van der Waals surface area contributed by atoms with Gasteiger partial charge in [0.05, 0.1) is 12.5 Å². The highest BCUT2D eigenvalue weighted by Gasteiger charge is 2.63. The minimum atomic E-state index is -0.389. The lowest BCUT2D eigenvalue weighted by Gasteiger charge is -2.31. The van der Waals surface area contributed by atoms with Crippen LogP contribution in [-0.2, 0) is 14.3 Å². The number of esters is 1. The molecule has 0 unspecified atom stereocenters. The van der Waals surface area contributed by atoms with E-state index in [2.05, 4.69) is 27.4 Å². The lowest BCUT2D eigenvalue weighted by molar-refractivity contribution is -0.146. The maximum Gasteiger partial charge on any atom is 0.313 e. The maximum absolute atomic E-state index is 12.8. The highest BCUT2D eigenvalue weighted by atomic mass is 16.5. The highest BCUT2D eigenvalue weighted by Crippen LogP contribution is 2.65. The van der Waals surface area contributed by atoms with E-state index in [-0.39, 0.29) is 34.4 Å². The van der Waals surface area contributed by atoms with Crippen molar-refractivity contribution in [1.29, 1.82) is 0 Å². The Bertz CT molecular complexity index is 501. The molecule has 0 aliphatic heterocycles. The molecule has 0 radical (unpaired) electrons. The molecule has 0 spiro atoms.